The molecule has 0 aromatic heterocycles. The van der Waals surface area contributed by atoms with Gasteiger partial charge in [-0.25, -0.2) is 9.80 Å². The van der Waals surface area contributed by atoms with Crippen LogP contribution >= 0.6 is 11.6 Å². The Morgan fingerprint density at radius 3 is 2.47 bits per heavy atom. The lowest BCUT2D eigenvalue weighted by Gasteiger charge is -2.42. The molecular weight excluding hydrogens is 268 g/mol. The number of halogens is 1. The molecule has 1 aromatic carbocycles. The van der Waals surface area contributed by atoms with E-state index >= 15 is 0 Å². The normalized spacial score (nSPS) is 15.3. The number of amides is 1. The Labute approximate surface area is 117 Å². The minimum atomic E-state index is -1.27. The van der Waals surface area contributed by atoms with E-state index in [0.29, 0.717) is 5.02 Å². The lowest BCUT2D eigenvalue weighted by molar-refractivity contribution is -0.279. The summed E-state index contributed by atoms with van der Waals surface area (Å²) in [5.41, 5.74) is 1.52. The van der Waals surface area contributed by atoms with Crippen LogP contribution in [0.5, 0.6) is 0 Å². The number of rotatable bonds is 4. The van der Waals surface area contributed by atoms with Crippen LogP contribution in [0.1, 0.15) is 5.56 Å². The fourth-order valence-corrected chi connectivity index (χ4v) is 2.67. The Balaban J connectivity index is 2.57. The molecule has 0 spiro atoms. The molecule has 1 aromatic rings. The summed E-state index contributed by atoms with van der Waals surface area (Å²) in [5.74, 6) is -0.111. The van der Waals surface area contributed by atoms with Crippen LogP contribution in [0.2, 0.25) is 5.02 Å². The number of benzene rings is 1. The van der Waals surface area contributed by atoms with Gasteiger partial charge in [-0.3, -0.25) is 4.79 Å². The second kappa shape index (κ2) is 5.09. The topological polar surface area (TPSA) is 42.0 Å². The van der Waals surface area contributed by atoms with Crippen molar-refractivity contribution in [3.63, 3.8) is 0 Å². The Bertz CT molecular complexity index is 501. The second-order valence-corrected chi connectivity index (χ2v) is 4.90. The molecule has 1 heterocycles. The van der Waals surface area contributed by atoms with E-state index in [-0.39, 0.29) is 12.3 Å². The summed E-state index contributed by atoms with van der Waals surface area (Å²) >= 11 is 6.14. The van der Waals surface area contributed by atoms with Crippen molar-refractivity contribution in [3.8, 4) is 0 Å². The van der Waals surface area contributed by atoms with Crippen molar-refractivity contribution in [2.45, 2.75) is 12.5 Å². The Morgan fingerprint density at radius 1 is 1.32 bits per heavy atom. The van der Waals surface area contributed by atoms with E-state index in [0.717, 1.165) is 11.3 Å². The number of nitrogens with zero attached hydrogens (tertiary/aromatic N) is 2. The highest BCUT2D eigenvalue weighted by Crippen LogP contribution is 2.39. The molecule has 104 valence electrons. The first-order valence-corrected chi connectivity index (χ1v) is 6.24. The van der Waals surface area contributed by atoms with Crippen LogP contribution in [0.25, 0.3) is 0 Å². The zero-order chi connectivity index (χ0) is 14.2. The van der Waals surface area contributed by atoms with Crippen LogP contribution in [0, 0.1) is 0 Å². The molecule has 0 N–H and O–H groups in total. The smallest absolute Gasteiger partial charge is 0.323 e. The number of hydrogen-bond acceptors (Lipinski definition) is 4. The third kappa shape index (κ3) is 2.03. The first-order chi connectivity index (χ1) is 8.97. The van der Waals surface area contributed by atoms with Crippen molar-refractivity contribution in [2.24, 2.45) is 0 Å². The van der Waals surface area contributed by atoms with E-state index in [2.05, 4.69) is 0 Å². The molecule has 1 aliphatic rings. The van der Waals surface area contributed by atoms with E-state index in [4.69, 9.17) is 21.1 Å². The molecule has 0 bridgehead atoms. The van der Waals surface area contributed by atoms with Gasteiger partial charge in [-0.05, 0) is 26.2 Å². The van der Waals surface area contributed by atoms with Crippen LogP contribution in [0.15, 0.2) is 18.2 Å². The average molecular weight is 285 g/mol. The number of carbonyl (C=O) groups is 1. The third-order valence-corrected chi connectivity index (χ3v) is 3.65. The minimum Gasteiger partial charge on any atom is -0.323 e. The Hall–Kier alpha value is -1.14. The number of anilines is 1. The summed E-state index contributed by atoms with van der Waals surface area (Å²) in [6.07, 6.45) is 0.247. The summed E-state index contributed by atoms with van der Waals surface area (Å²) in [5, 5.41) is 0.577. The maximum Gasteiger partial charge on any atom is 0.325 e. The van der Waals surface area contributed by atoms with Crippen LogP contribution in [0.3, 0.4) is 0 Å². The molecule has 0 saturated heterocycles. The van der Waals surface area contributed by atoms with Crippen LogP contribution in [-0.4, -0.2) is 45.2 Å². The number of carbonyl (C=O) groups excluding carboxylic acids is 1. The van der Waals surface area contributed by atoms with Gasteiger partial charge in [0.25, 0.3) is 0 Å². The molecule has 6 heteroatoms. The molecule has 5 nitrogen and oxygen atoms in total. The third-order valence-electron chi connectivity index (χ3n) is 3.29. The summed E-state index contributed by atoms with van der Waals surface area (Å²) in [7, 11) is 6.56. The average Bonchev–Trinajstić information content (AvgIpc) is 2.71. The molecule has 2 rings (SSSR count). The number of methoxy groups -OCH3 is 2. The van der Waals surface area contributed by atoms with Crippen molar-refractivity contribution < 1.29 is 14.3 Å². The molecule has 0 unspecified atom stereocenters. The first kappa shape index (κ1) is 14.3. The van der Waals surface area contributed by atoms with Crippen molar-refractivity contribution in [1.29, 1.82) is 0 Å². The van der Waals surface area contributed by atoms with Gasteiger partial charge in [-0.2, -0.15) is 0 Å². The summed E-state index contributed by atoms with van der Waals surface area (Å²) in [4.78, 5) is 15.5. The molecular formula is C13H17ClN2O3. The fraction of sp³-hybridized carbons (Fsp3) is 0.462. The van der Waals surface area contributed by atoms with Gasteiger partial charge in [0.2, 0.25) is 5.91 Å². The SMILES string of the molecule is COC(OC)(N(C)C)N1C(=O)Cc2c(Cl)cccc21. The molecule has 1 amide bonds. The summed E-state index contributed by atoms with van der Waals surface area (Å²) < 4.78 is 10.9. The van der Waals surface area contributed by atoms with E-state index in [1.807, 2.05) is 6.07 Å². The summed E-state index contributed by atoms with van der Waals surface area (Å²) in [6, 6.07) is 4.14. The molecule has 1 aliphatic heterocycles. The molecule has 0 radical (unpaired) electrons. The quantitative estimate of drug-likeness (QED) is 0.789. The predicted molar refractivity (Wildman–Crippen MR) is 73.1 cm³/mol. The maximum absolute atomic E-state index is 12.3. The second-order valence-electron chi connectivity index (χ2n) is 4.49. The van der Waals surface area contributed by atoms with E-state index in [1.165, 1.54) is 19.1 Å². The zero-order valence-electron chi connectivity index (χ0n) is 11.4. The highest BCUT2D eigenvalue weighted by Gasteiger charge is 2.48. The van der Waals surface area contributed by atoms with Crippen LogP contribution < -0.4 is 4.90 Å². The Kier molecular flexibility index (Phi) is 3.82. The monoisotopic (exact) mass is 284 g/mol. The zero-order valence-corrected chi connectivity index (χ0v) is 12.2. The van der Waals surface area contributed by atoms with Crippen molar-refractivity contribution in [3.05, 3.63) is 28.8 Å². The lowest BCUT2D eigenvalue weighted by Crippen LogP contribution is -2.62. The van der Waals surface area contributed by atoms with Gasteiger partial charge in [0.1, 0.15) is 0 Å². The van der Waals surface area contributed by atoms with Gasteiger partial charge in [0.05, 0.1) is 12.1 Å². The molecule has 0 saturated carbocycles. The molecule has 0 aliphatic carbocycles. The molecule has 0 fully saturated rings. The highest BCUT2D eigenvalue weighted by molar-refractivity contribution is 6.32. The highest BCUT2D eigenvalue weighted by atomic mass is 35.5. The Morgan fingerprint density at radius 2 is 1.95 bits per heavy atom. The van der Waals surface area contributed by atoms with Crippen LogP contribution in [0.4, 0.5) is 5.69 Å². The van der Waals surface area contributed by atoms with Crippen molar-refractivity contribution >= 4 is 23.2 Å². The fourth-order valence-electron chi connectivity index (χ4n) is 2.44. The molecule has 19 heavy (non-hydrogen) atoms. The maximum atomic E-state index is 12.3. The first-order valence-electron chi connectivity index (χ1n) is 5.86. The van der Waals surface area contributed by atoms with E-state index < -0.39 is 6.03 Å². The van der Waals surface area contributed by atoms with Crippen molar-refractivity contribution in [2.75, 3.05) is 33.2 Å². The van der Waals surface area contributed by atoms with Gasteiger partial charge in [0.15, 0.2) is 0 Å². The van der Waals surface area contributed by atoms with E-state index in [9.17, 15) is 4.79 Å². The van der Waals surface area contributed by atoms with Gasteiger partial charge < -0.3 is 9.47 Å². The van der Waals surface area contributed by atoms with Gasteiger partial charge in [-0.15, -0.1) is 0 Å². The predicted octanol–water partition coefficient (Wildman–Crippen LogP) is 1.69. The van der Waals surface area contributed by atoms with Crippen molar-refractivity contribution in [1.82, 2.24) is 4.90 Å². The number of ether oxygens (including phenoxy) is 2. The molecule has 0 atom stereocenters. The van der Waals surface area contributed by atoms with Gasteiger partial charge >= 0.3 is 6.03 Å². The lowest BCUT2D eigenvalue weighted by atomic mass is 10.2. The number of hydrogen-bond donors (Lipinski definition) is 0. The summed E-state index contributed by atoms with van der Waals surface area (Å²) in [6.45, 7) is 0. The standard InChI is InChI=1S/C13H17ClN2O3/c1-15(2)13(18-3,19-4)16-11-7-5-6-10(14)9(11)8-12(16)17/h5-7H,8H2,1-4H3. The minimum absolute atomic E-state index is 0.111. The van der Waals surface area contributed by atoms with Gasteiger partial charge in [-0.1, -0.05) is 17.7 Å². The van der Waals surface area contributed by atoms with E-state index in [1.54, 1.807) is 31.1 Å². The largest absolute Gasteiger partial charge is 0.325 e. The van der Waals surface area contributed by atoms with Gasteiger partial charge in [0, 0.05) is 24.8 Å². The van der Waals surface area contributed by atoms with Crippen LogP contribution in [-0.2, 0) is 20.7 Å². The number of fused-ring (bicyclic) bond motifs is 1.